The maximum absolute atomic E-state index is 11.6. The van der Waals surface area contributed by atoms with Crippen molar-refractivity contribution in [3.05, 3.63) is 0 Å². The highest BCUT2D eigenvalue weighted by molar-refractivity contribution is 7.99. The van der Waals surface area contributed by atoms with E-state index in [0.29, 0.717) is 12.4 Å². The fraction of sp³-hybridized carbons (Fsp3) is 0.556. The van der Waals surface area contributed by atoms with Gasteiger partial charge in [0.05, 0.1) is 11.4 Å². The van der Waals surface area contributed by atoms with Gasteiger partial charge in [-0.15, -0.1) is 11.8 Å². The molecule has 0 saturated carbocycles. The average molecular weight is 258 g/mol. The average Bonchev–Trinajstić information content (AvgIpc) is 2.63. The van der Waals surface area contributed by atoms with Crippen LogP contribution in [-0.4, -0.2) is 48.1 Å². The van der Waals surface area contributed by atoms with Crippen molar-refractivity contribution in [2.45, 2.75) is 4.90 Å². The number of hydrogen-bond donors (Lipinski definition) is 1. The molecule has 1 aromatic heterocycles. The quantitative estimate of drug-likeness (QED) is 0.792. The zero-order chi connectivity index (χ0) is 11.7. The molecule has 0 radical (unpaired) electrons. The molecule has 0 aliphatic carbocycles. The minimum Gasteiger partial charge on any atom is -0.382 e. The number of amides is 1. The van der Waals surface area contributed by atoms with Gasteiger partial charge in [0, 0.05) is 20.1 Å². The first-order valence-corrected chi connectivity index (χ1v) is 6.91. The molecule has 1 amide bonds. The molecule has 2 N–H and O–H groups in total. The Morgan fingerprint density at radius 3 is 2.88 bits per heavy atom. The summed E-state index contributed by atoms with van der Waals surface area (Å²) in [4.78, 5) is 16.4. The number of nitrogens with two attached hydrogens (primary N) is 1. The zero-order valence-corrected chi connectivity index (χ0v) is 10.9. The van der Waals surface area contributed by atoms with Gasteiger partial charge in [0.1, 0.15) is 5.00 Å². The lowest BCUT2D eigenvalue weighted by Gasteiger charge is -2.32. The number of anilines is 2. The second-order valence-electron chi connectivity index (χ2n) is 3.64. The molecule has 16 heavy (non-hydrogen) atoms. The van der Waals surface area contributed by atoms with Crippen LogP contribution >= 0.6 is 23.3 Å². The van der Waals surface area contributed by atoms with E-state index in [2.05, 4.69) is 9.27 Å². The molecular formula is C9H14N4OS2. The summed E-state index contributed by atoms with van der Waals surface area (Å²) in [6.07, 6.45) is 1.97. The largest absolute Gasteiger partial charge is 0.382 e. The Hall–Kier alpha value is -0.950. The van der Waals surface area contributed by atoms with E-state index in [9.17, 15) is 4.79 Å². The first-order valence-electron chi connectivity index (χ1n) is 4.91. The van der Waals surface area contributed by atoms with E-state index in [1.54, 1.807) is 16.7 Å². The fourth-order valence-corrected chi connectivity index (χ4v) is 3.32. The molecule has 2 rings (SSSR count). The number of nitrogen functional groups attached to an aromatic ring is 1. The summed E-state index contributed by atoms with van der Waals surface area (Å²) in [5, 5.41) is 1.02. The van der Waals surface area contributed by atoms with Crippen molar-refractivity contribution in [3.8, 4) is 0 Å². The third kappa shape index (κ3) is 1.97. The van der Waals surface area contributed by atoms with Crippen LogP contribution in [-0.2, 0) is 4.79 Å². The van der Waals surface area contributed by atoms with E-state index in [1.165, 1.54) is 11.5 Å². The predicted octanol–water partition coefficient (Wildman–Crippen LogP) is 0.726. The molecule has 0 atom stereocenters. The van der Waals surface area contributed by atoms with E-state index in [4.69, 9.17) is 5.73 Å². The smallest absolute Gasteiger partial charge is 0.241 e. The summed E-state index contributed by atoms with van der Waals surface area (Å²) in [5.74, 6) is 0.712. The Morgan fingerprint density at radius 1 is 1.50 bits per heavy atom. The van der Waals surface area contributed by atoms with Gasteiger partial charge in [0.15, 0.2) is 5.82 Å². The van der Waals surface area contributed by atoms with Crippen LogP contribution in [0.1, 0.15) is 0 Å². The van der Waals surface area contributed by atoms with Crippen LogP contribution in [0.5, 0.6) is 0 Å². The second-order valence-corrected chi connectivity index (χ2v) is 5.21. The molecule has 0 bridgehead atoms. The van der Waals surface area contributed by atoms with Gasteiger partial charge >= 0.3 is 0 Å². The van der Waals surface area contributed by atoms with Crippen LogP contribution in [0.2, 0.25) is 0 Å². The molecule has 1 fully saturated rings. The molecule has 7 heteroatoms. The highest BCUT2D eigenvalue weighted by atomic mass is 32.2. The Balaban J connectivity index is 2.21. The molecule has 1 aliphatic rings. The summed E-state index contributed by atoms with van der Waals surface area (Å²) in [5.41, 5.74) is 5.78. The lowest BCUT2D eigenvalue weighted by Crippen LogP contribution is -2.48. The van der Waals surface area contributed by atoms with Crippen LogP contribution in [0.25, 0.3) is 0 Å². The van der Waals surface area contributed by atoms with Crippen molar-refractivity contribution < 1.29 is 4.79 Å². The molecule has 1 aliphatic heterocycles. The molecule has 2 heterocycles. The molecular weight excluding hydrogens is 244 g/mol. The van der Waals surface area contributed by atoms with E-state index in [-0.39, 0.29) is 5.91 Å². The number of carbonyl (C=O) groups excluding carboxylic acids is 1. The number of aromatic nitrogens is 1. The zero-order valence-electron chi connectivity index (χ0n) is 9.27. The number of rotatable bonds is 2. The highest BCUT2D eigenvalue weighted by Gasteiger charge is 2.25. The van der Waals surface area contributed by atoms with Gasteiger partial charge in [-0.25, -0.2) is 0 Å². The van der Waals surface area contributed by atoms with Crippen molar-refractivity contribution in [2.24, 2.45) is 0 Å². The lowest BCUT2D eigenvalue weighted by atomic mass is 10.3. The monoisotopic (exact) mass is 258 g/mol. The standard InChI is InChI=1S/C9H14N4OS2/c1-12-3-4-13(5-6(12)14)9-7(15-2)8(10)11-16-9/h3-5H2,1-2H3,(H2,10,11). The molecule has 0 spiro atoms. The van der Waals surface area contributed by atoms with Crippen molar-refractivity contribution in [1.29, 1.82) is 0 Å². The topological polar surface area (TPSA) is 62.5 Å². The minimum absolute atomic E-state index is 0.144. The maximum Gasteiger partial charge on any atom is 0.241 e. The van der Waals surface area contributed by atoms with Crippen molar-refractivity contribution in [3.63, 3.8) is 0 Å². The van der Waals surface area contributed by atoms with Gasteiger partial charge in [0.25, 0.3) is 0 Å². The normalized spacial score (nSPS) is 17.0. The van der Waals surface area contributed by atoms with Crippen molar-refractivity contribution >= 4 is 40.0 Å². The number of hydrogen-bond acceptors (Lipinski definition) is 6. The Labute approximate surface area is 103 Å². The van der Waals surface area contributed by atoms with E-state index in [0.717, 1.165) is 23.0 Å². The van der Waals surface area contributed by atoms with Crippen LogP contribution in [0.15, 0.2) is 4.90 Å². The summed E-state index contributed by atoms with van der Waals surface area (Å²) in [6, 6.07) is 0. The number of thioether (sulfide) groups is 1. The summed E-state index contributed by atoms with van der Waals surface area (Å²) in [6.45, 7) is 2.02. The first-order chi connectivity index (χ1) is 7.63. The number of piperazine rings is 1. The Morgan fingerprint density at radius 2 is 2.25 bits per heavy atom. The van der Waals surface area contributed by atoms with Crippen molar-refractivity contribution in [1.82, 2.24) is 9.27 Å². The predicted molar refractivity (Wildman–Crippen MR) is 68.2 cm³/mol. The van der Waals surface area contributed by atoms with Crippen LogP contribution in [0.3, 0.4) is 0 Å². The van der Waals surface area contributed by atoms with Crippen LogP contribution < -0.4 is 10.6 Å². The molecule has 5 nitrogen and oxygen atoms in total. The molecule has 1 saturated heterocycles. The van der Waals surface area contributed by atoms with Crippen LogP contribution in [0, 0.1) is 0 Å². The highest BCUT2D eigenvalue weighted by Crippen LogP contribution is 2.37. The molecule has 1 aromatic rings. The van der Waals surface area contributed by atoms with Gasteiger partial charge in [0.2, 0.25) is 5.91 Å². The van der Waals surface area contributed by atoms with E-state index in [1.807, 2.05) is 13.3 Å². The van der Waals surface area contributed by atoms with E-state index >= 15 is 0 Å². The third-order valence-corrected chi connectivity index (χ3v) is 4.47. The Kier molecular flexibility index (Phi) is 3.25. The number of likely N-dealkylation sites (N-methyl/N-ethyl adjacent to an activating group) is 1. The van der Waals surface area contributed by atoms with E-state index < -0.39 is 0 Å². The number of carbonyl (C=O) groups is 1. The Bertz CT molecular complexity index is 406. The second kappa shape index (κ2) is 4.50. The first kappa shape index (κ1) is 11.5. The van der Waals surface area contributed by atoms with Gasteiger partial charge in [-0.1, -0.05) is 0 Å². The SMILES string of the molecule is CSc1c(N)nsc1N1CCN(C)C(=O)C1. The minimum atomic E-state index is 0.144. The summed E-state index contributed by atoms with van der Waals surface area (Å²) < 4.78 is 4.14. The van der Waals surface area contributed by atoms with Crippen molar-refractivity contribution in [2.75, 3.05) is 43.6 Å². The summed E-state index contributed by atoms with van der Waals surface area (Å²) in [7, 11) is 1.83. The van der Waals surface area contributed by atoms with Crippen LogP contribution in [0.4, 0.5) is 10.8 Å². The third-order valence-electron chi connectivity index (χ3n) is 2.61. The van der Waals surface area contributed by atoms with Gasteiger partial charge in [-0.3, -0.25) is 4.79 Å². The maximum atomic E-state index is 11.6. The molecule has 0 unspecified atom stereocenters. The fourth-order valence-electron chi connectivity index (χ4n) is 1.61. The lowest BCUT2D eigenvalue weighted by molar-refractivity contribution is -0.129. The summed E-state index contributed by atoms with van der Waals surface area (Å²) >= 11 is 2.95. The van der Waals surface area contributed by atoms with Gasteiger partial charge in [-0.2, -0.15) is 4.37 Å². The number of nitrogens with zero attached hydrogens (tertiary/aromatic N) is 3. The van der Waals surface area contributed by atoms with Gasteiger partial charge < -0.3 is 15.5 Å². The molecule has 88 valence electrons. The van der Waals surface area contributed by atoms with Gasteiger partial charge in [-0.05, 0) is 17.8 Å². The molecule has 0 aromatic carbocycles.